The maximum absolute atomic E-state index is 13.5. The zero-order chi connectivity index (χ0) is 13.0. The number of benzene rings is 1. The number of nitrogens with zero attached hydrogens (tertiary/aromatic N) is 1. The summed E-state index contributed by atoms with van der Waals surface area (Å²) >= 11 is 0. The van der Waals surface area contributed by atoms with Crippen LogP contribution in [0.3, 0.4) is 0 Å². The number of carboxylic acid groups (broad SMARTS) is 1. The second-order valence-electron chi connectivity index (χ2n) is 3.71. The predicted molar refractivity (Wildman–Crippen MR) is 64.9 cm³/mol. The summed E-state index contributed by atoms with van der Waals surface area (Å²) in [5, 5.41) is 11.7. The van der Waals surface area contributed by atoms with Gasteiger partial charge in [-0.05, 0) is 29.8 Å². The van der Waals surface area contributed by atoms with Crippen molar-refractivity contribution >= 4 is 11.7 Å². The highest BCUT2D eigenvalue weighted by molar-refractivity contribution is 5.88. The van der Waals surface area contributed by atoms with Crippen molar-refractivity contribution in [1.82, 2.24) is 4.98 Å². The molecule has 0 saturated heterocycles. The van der Waals surface area contributed by atoms with Crippen molar-refractivity contribution in [2.45, 2.75) is 6.54 Å². The van der Waals surface area contributed by atoms with E-state index >= 15 is 0 Å². The molecular formula is C13H11FN2O2. The molecule has 0 aliphatic rings. The molecule has 4 nitrogen and oxygen atoms in total. The van der Waals surface area contributed by atoms with Crippen LogP contribution in [0.25, 0.3) is 0 Å². The molecule has 0 spiro atoms. The van der Waals surface area contributed by atoms with E-state index < -0.39 is 11.8 Å². The van der Waals surface area contributed by atoms with Gasteiger partial charge in [0.25, 0.3) is 0 Å². The number of pyridine rings is 1. The highest BCUT2D eigenvalue weighted by Crippen LogP contribution is 2.17. The highest BCUT2D eigenvalue weighted by atomic mass is 19.1. The Morgan fingerprint density at radius 3 is 2.89 bits per heavy atom. The Morgan fingerprint density at radius 2 is 2.22 bits per heavy atom. The topological polar surface area (TPSA) is 62.2 Å². The fourth-order valence-electron chi connectivity index (χ4n) is 1.49. The number of anilines is 1. The van der Waals surface area contributed by atoms with Gasteiger partial charge in [0.15, 0.2) is 0 Å². The molecule has 5 heteroatoms. The van der Waals surface area contributed by atoms with Crippen LogP contribution in [0.2, 0.25) is 0 Å². The molecule has 0 amide bonds. The molecule has 0 saturated carbocycles. The number of hydrogen-bond acceptors (Lipinski definition) is 3. The third kappa shape index (κ3) is 2.82. The van der Waals surface area contributed by atoms with Gasteiger partial charge in [-0.25, -0.2) is 9.18 Å². The zero-order valence-electron chi connectivity index (χ0n) is 9.43. The lowest BCUT2D eigenvalue weighted by atomic mass is 10.2. The predicted octanol–water partition coefficient (Wildman–Crippen LogP) is 2.53. The molecule has 92 valence electrons. The Labute approximate surface area is 103 Å². The van der Waals surface area contributed by atoms with Crippen LogP contribution < -0.4 is 5.32 Å². The first kappa shape index (κ1) is 12.0. The van der Waals surface area contributed by atoms with Gasteiger partial charge in [0.05, 0.1) is 11.3 Å². The Hall–Kier alpha value is -2.43. The molecule has 18 heavy (non-hydrogen) atoms. The molecule has 1 aromatic carbocycles. The van der Waals surface area contributed by atoms with Gasteiger partial charge in [-0.3, -0.25) is 4.98 Å². The summed E-state index contributed by atoms with van der Waals surface area (Å²) in [6.07, 6.45) is 3.31. The first-order chi connectivity index (χ1) is 8.66. The molecule has 2 rings (SSSR count). The molecule has 1 heterocycles. The Bertz CT molecular complexity index is 558. The van der Waals surface area contributed by atoms with Gasteiger partial charge >= 0.3 is 5.97 Å². The van der Waals surface area contributed by atoms with Gasteiger partial charge in [0.2, 0.25) is 0 Å². The van der Waals surface area contributed by atoms with E-state index in [-0.39, 0.29) is 11.3 Å². The Morgan fingerprint density at radius 1 is 1.39 bits per heavy atom. The largest absolute Gasteiger partial charge is 0.478 e. The van der Waals surface area contributed by atoms with E-state index in [4.69, 9.17) is 5.11 Å². The number of aromatic nitrogens is 1. The monoisotopic (exact) mass is 246 g/mol. The van der Waals surface area contributed by atoms with Crippen molar-refractivity contribution in [2.75, 3.05) is 5.32 Å². The van der Waals surface area contributed by atoms with Gasteiger partial charge < -0.3 is 10.4 Å². The molecule has 1 aromatic heterocycles. The van der Waals surface area contributed by atoms with Gasteiger partial charge in [-0.15, -0.1) is 0 Å². The number of nitrogens with one attached hydrogen (secondary N) is 1. The van der Waals surface area contributed by atoms with Crippen LogP contribution in [0, 0.1) is 5.82 Å². The van der Waals surface area contributed by atoms with E-state index in [1.54, 1.807) is 18.5 Å². The van der Waals surface area contributed by atoms with Crippen molar-refractivity contribution < 1.29 is 14.3 Å². The van der Waals surface area contributed by atoms with E-state index in [0.717, 1.165) is 11.6 Å². The third-order valence-electron chi connectivity index (χ3n) is 2.42. The average molecular weight is 246 g/mol. The van der Waals surface area contributed by atoms with Crippen molar-refractivity contribution in [3.8, 4) is 0 Å². The molecule has 0 aliphatic carbocycles. The minimum absolute atomic E-state index is 0.0464. The normalized spacial score (nSPS) is 10.1. The smallest absolute Gasteiger partial charge is 0.335 e. The van der Waals surface area contributed by atoms with Crippen molar-refractivity contribution in [3.05, 3.63) is 59.7 Å². The molecule has 2 N–H and O–H groups in total. The molecule has 2 aromatic rings. The number of aromatic carboxylic acids is 1. The maximum atomic E-state index is 13.5. The lowest BCUT2D eigenvalue weighted by molar-refractivity contribution is 0.0697. The molecule has 0 radical (unpaired) electrons. The van der Waals surface area contributed by atoms with Crippen LogP contribution in [0.1, 0.15) is 15.9 Å². The number of carbonyl (C=O) groups is 1. The van der Waals surface area contributed by atoms with E-state index in [2.05, 4.69) is 10.3 Å². The molecule has 0 fully saturated rings. The number of carboxylic acids is 1. The Kier molecular flexibility index (Phi) is 3.52. The van der Waals surface area contributed by atoms with Crippen LogP contribution in [0.15, 0.2) is 42.7 Å². The molecule has 0 atom stereocenters. The molecule has 0 unspecified atom stereocenters. The zero-order valence-corrected chi connectivity index (χ0v) is 9.43. The molecule has 0 bridgehead atoms. The van der Waals surface area contributed by atoms with Crippen LogP contribution >= 0.6 is 0 Å². The van der Waals surface area contributed by atoms with Crippen LogP contribution in [-0.2, 0) is 6.54 Å². The first-order valence-electron chi connectivity index (χ1n) is 5.32. The SMILES string of the molecule is O=C(O)c1ccc(F)c(NCc2cccnc2)c1. The lowest BCUT2D eigenvalue weighted by Crippen LogP contribution is -2.04. The summed E-state index contributed by atoms with van der Waals surface area (Å²) in [6, 6.07) is 7.26. The van der Waals surface area contributed by atoms with E-state index in [1.807, 2.05) is 6.07 Å². The lowest BCUT2D eigenvalue weighted by Gasteiger charge is -2.08. The number of rotatable bonds is 4. The summed E-state index contributed by atoms with van der Waals surface area (Å²) in [5.41, 5.74) is 1.10. The highest BCUT2D eigenvalue weighted by Gasteiger charge is 2.07. The quantitative estimate of drug-likeness (QED) is 0.870. The Balaban J connectivity index is 2.14. The second-order valence-corrected chi connectivity index (χ2v) is 3.71. The first-order valence-corrected chi connectivity index (χ1v) is 5.32. The molecule has 0 aliphatic heterocycles. The summed E-state index contributed by atoms with van der Waals surface area (Å²) in [7, 11) is 0. The summed E-state index contributed by atoms with van der Waals surface area (Å²) in [5.74, 6) is -1.57. The van der Waals surface area contributed by atoms with E-state index in [9.17, 15) is 9.18 Å². The fourth-order valence-corrected chi connectivity index (χ4v) is 1.49. The summed E-state index contributed by atoms with van der Waals surface area (Å²) < 4.78 is 13.5. The van der Waals surface area contributed by atoms with Crippen LogP contribution in [-0.4, -0.2) is 16.1 Å². The standard InChI is InChI=1S/C13H11FN2O2/c14-11-4-3-10(13(17)18)6-12(11)16-8-9-2-1-5-15-7-9/h1-7,16H,8H2,(H,17,18). The van der Waals surface area contributed by atoms with Crippen LogP contribution in [0.4, 0.5) is 10.1 Å². The van der Waals surface area contributed by atoms with Crippen LogP contribution in [0.5, 0.6) is 0 Å². The van der Waals surface area contributed by atoms with E-state index in [1.165, 1.54) is 12.1 Å². The average Bonchev–Trinajstić information content (AvgIpc) is 2.38. The van der Waals surface area contributed by atoms with Gasteiger partial charge in [-0.2, -0.15) is 0 Å². The maximum Gasteiger partial charge on any atom is 0.335 e. The van der Waals surface area contributed by atoms with E-state index in [0.29, 0.717) is 6.54 Å². The number of hydrogen-bond donors (Lipinski definition) is 2. The summed E-state index contributed by atoms with van der Waals surface area (Å²) in [4.78, 5) is 14.7. The second kappa shape index (κ2) is 5.27. The minimum Gasteiger partial charge on any atom is -0.478 e. The van der Waals surface area contributed by atoms with Crippen molar-refractivity contribution in [2.24, 2.45) is 0 Å². The van der Waals surface area contributed by atoms with Gasteiger partial charge in [-0.1, -0.05) is 6.07 Å². The minimum atomic E-state index is -1.08. The van der Waals surface area contributed by atoms with Gasteiger partial charge in [0.1, 0.15) is 5.82 Å². The van der Waals surface area contributed by atoms with Crippen molar-refractivity contribution in [1.29, 1.82) is 0 Å². The van der Waals surface area contributed by atoms with Gasteiger partial charge in [0, 0.05) is 18.9 Å². The molecular weight excluding hydrogens is 235 g/mol. The summed E-state index contributed by atoms with van der Waals surface area (Å²) in [6.45, 7) is 0.383. The third-order valence-corrected chi connectivity index (χ3v) is 2.42. The fraction of sp³-hybridized carbons (Fsp3) is 0.0769. The van der Waals surface area contributed by atoms with Crippen molar-refractivity contribution in [3.63, 3.8) is 0 Å². The number of halogens is 1.